The zero-order valence-electron chi connectivity index (χ0n) is 13.0. The largest absolute Gasteiger partial charge is 0.317 e. The maximum absolute atomic E-state index is 10.7. The van der Waals surface area contributed by atoms with Gasteiger partial charge in [-0.05, 0) is 50.1 Å². The number of nitro benzene ring substituents is 1. The Morgan fingerprint density at radius 3 is 2.57 bits per heavy atom. The van der Waals surface area contributed by atoms with Gasteiger partial charge in [-0.25, -0.2) is 0 Å². The molecular formula is C17H26N2O2. The lowest BCUT2D eigenvalue weighted by atomic mass is 9.74. The Morgan fingerprint density at radius 1 is 1.29 bits per heavy atom. The molecule has 1 fully saturated rings. The topological polar surface area (TPSA) is 55.2 Å². The molecule has 0 bridgehead atoms. The number of benzene rings is 1. The van der Waals surface area contributed by atoms with Crippen LogP contribution in [0.3, 0.4) is 0 Å². The molecule has 0 spiro atoms. The van der Waals surface area contributed by atoms with Gasteiger partial charge >= 0.3 is 0 Å². The van der Waals surface area contributed by atoms with Crippen molar-refractivity contribution in [2.75, 3.05) is 7.05 Å². The number of nitro groups is 1. The van der Waals surface area contributed by atoms with E-state index in [4.69, 9.17) is 0 Å². The Labute approximate surface area is 127 Å². The highest BCUT2D eigenvalue weighted by Crippen LogP contribution is 2.34. The summed E-state index contributed by atoms with van der Waals surface area (Å²) in [6, 6.07) is 7.64. The highest BCUT2D eigenvalue weighted by molar-refractivity contribution is 5.33. The fourth-order valence-electron chi connectivity index (χ4n) is 3.69. The quantitative estimate of drug-likeness (QED) is 0.637. The molecule has 0 amide bonds. The van der Waals surface area contributed by atoms with Crippen LogP contribution in [0.25, 0.3) is 0 Å². The monoisotopic (exact) mass is 290 g/mol. The number of hydrogen-bond donors (Lipinski definition) is 1. The minimum absolute atomic E-state index is 0.177. The van der Waals surface area contributed by atoms with Crippen molar-refractivity contribution in [3.63, 3.8) is 0 Å². The lowest BCUT2D eigenvalue weighted by Crippen LogP contribution is -2.39. The molecule has 0 aromatic heterocycles. The number of nitrogens with one attached hydrogen (secondary N) is 1. The molecule has 1 N–H and O–H groups in total. The van der Waals surface area contributed by atoms with Gasteiger partial charge in [0.15, 0.2) is 0 Å². The summed E-state index contributed by atoms with van der Waals surface area (Å²) in [6.45, 7) is 2.26. The van der Waals surface area contributed by atoms with Crippen LogP contribution in [0.2, 0.25) is 0 Å². The molecule has 0 radical (unpaired) electrons. The Kier molecular flexibility index (Phi) is 5.74. The third kappa shape index (κ3) is 4.27. The van der Waals surface area contributed by atoms with Crippen LogP contribution in [-0.2, 0) is 6.42 Å². The van der Waals surface area contributed by atoms with Crippen molar-refractivity contribution in [3.05, 3.63) is 39.9 Å². The molecule has 116 valence electrons. The third-order valence-electron chi connectivity index (χ3n) is 4.80. The summed E-state index contributed by atoms with van der Waals surface area (Å²) in [5, 5.41) is 14.2. The number of nitrogens with zero attached hydrogens (tertiary/aromatic N) is 1. The van der Waals surface area contributed by atoms with E-state index in [1.54, 1.807) is 12.1 Å². The lowest BCUT2D eigenvalue weighted by molar-refractivity contribution is -0.384. The second-order valence-corrected chi connectivity index (χ2v) is 6.25. The van der Waals surface area contributed by atoms with E-state index in [-0.39, 0.29) is 10.6 Å². The second kappa shape index (κ2) is 7.55. The molecule has 4 heteroatoms. The van der Waals surface area contributed by atoms with Crippen LogP contribution in [0.15, 0.2) is 24.3 Å². The van der Waals surface area contributed by atoms with E-state index in [0.717, 1.165) is 12.3 Å². The minimum Gasteiger partial charge on any atom is -0.317 e. The van der Waals surface area contributed by atoms with Gasteiger partial charge in [0.25, 0.3) is 5.69 Å². The van der Waals surface area contributed by atoms with Crippen LogP contribution in [-0.4, -0.2) is 18.0 Å². The van der Waals surface area contributed by atoms with E-state index in [1.807, 2.05) is 19.2 Å². The summed E-state index contributed by atoms with van der Waals surface area (Å²) in [5.74, 6) is 1.49. The molecular weight excluding hydrogens is 264 g/mol. The zero-order valence-corrected chi connectivity index (χ0v) is 13.0. The van der Waals surface area contributed by atoms with Gasteiger partial charge in [-0.3, -0.25) is 10.1 Å². The van der Waals surface area contributed by atoms with Crippen LogP contribution >= 0.6 is 0 Å². The predicted molar refractivity (Wildman–Crippen MR) is 85.4 cm³/mol. The molecule has 0 aliphatic heterocycles. The average Bonchev–Trinajstić information content (AvgIpc) is 2.48. The molecule has 0 saturated heterocycles. The molecule has 3 atom stereocenters. The van der Waals surface area contributed by atoms with E-state index in [0.29, 0.717) is 12.0 Å². The highest BCUT2D eigenvalue weighted by atomic mass is 16.6. The van der Waals surface area contributed by atoms with Crippen molar-refractivity contribution in [2.45, 2.75) is 51.5 Å². The second-order valence-electron chi connectivity index (χ2n) is 6.25. The van der Waals surface area contributed by atoms with Crippen molar-refractivity contribution in [1.29, 1.82) is 0 Å². The first-order chi connectivity index (χ1) is 10.1. The van der Waals surface area contributed by atoms with E-state index in [2.05, 4.69) is 12.2 Å². The van der Waals surface area contributed by atoms with Gasteiger partial charge in [-0.1, -0.05) is 31.9 Å². The Morgan fingerprint density at radius 2 is 2.00 bits per heavy atom. The molecule has 3 unspecified atom stereocenters. The fourth-order valence-corrected chi connectivity index (χ4v) is 3.69. The predicted octanol–water partition coefficient (Wildman–Crippen LogP) is 3.94. The van der Waals surface area contributed by atoms with Crippen LogP contribution < -0.4 is 5.32 Å². The van der Waals surface area contributed by atoms with Gasteiger partial charge < -0.3 is 5.32 Å². The van der Waals surface area contributed by atoms with Crippen molar-refractivity contribution in [3.8, 4) is 0 Å². The van der Waals surface area contributed by atoms with Gasteiger partial charge in [0.1, 0.15) is 0 Å². The van der Waals surface area contributed by atoms with E-state index >= 15 is 0 Å². The molecule has 1 saturated carbocycles. The van der Waals surface area contributed by atoms with Crippen LogP contribution in [0.5, 0.6) is 0 Å². The smallest absolute Gasteiger partial charge is 0.269 e. The molecule has 1 aromatic rings. The first kappa shape index (κ1) is 16.0. The third-order valence-corrected chi connectivity index (χ3v) is 4.80. The van der Waals surface area contributed by atoms with Gasteiger partial charge in [0.05, 0.1) is 4.92 Å². The van der Waals surface area contributed by atoms with Crippen molar-refractivity contribution in [1.82, 2.24) is 5.32 Å². The molecule has 1 aliphatic rings. The van der Waals surface area contributed by atoms with E-state index in [9.17, 15) is 10.1 Å². The van der Waals surface area contributed by atoms with Gasteiger partial charge in [0.2, 0.25) is 0 Å². The zero-order chi connectivity index (χ0) is 15.2. The molecule has 1 aromatic carbocycles. The molecule has 21 heavy (non-hydrogen) atoms. The summed E-state index contributed by atoms with van der Waals surface area (Å²) in [7, 11) is 2.05. The van der Waals surface area contributed by atoms with Crippen molar-refractivity contribution >= 4 is 5.69 Å². The Balaban J connectivity index is 2.02. The molecule has 1 aliphatic carbocycles. The minimum atomic E-state index is -0.335. The lowest BCUT2D eigenvalue weighted by Gasteiger charge is -2.36. The standard InChI is InChI=1S/C17H26N2O2/c1-3-4-13-7-10-17(18-2)15(11-13)12-14-5-8-16(9-6-14)19(20)21/h5-6,8-9,13,15,17-18H,3-4,7,10-12H2,1-2H3. The van der Waals surface area contributed by atoms with Crippen LogP contribution in [0, 0.1) is 22.0 Å². The normalized spacial score (nSPS) is 25.7. The summed E-state index contributed by atoms with van der Waals surface area (Å²) in [6.07, 6.45) is 7.46. The summed E-state index contributed by atoms with van der Waals surface area (Å²) in [4.78, 5) is 10.4. The molecule has 0 heterocycles. The van der Waals surface area contributed by atoms with Crippen molar-refractivity contribution < 1.29 is 4.92 Å². The highest BCUT2D eigenvalue weighted by Gasteiger charge is 2.29. The Bertz CT molecular complexity index is 458. The fraction of sp³-hybridized carbons (Fsp3) is 0.647. The van der Waals surface area contributed by atoms with E-state index in [1.165, 1.54) is 37.7 Å². The van der Waals surface area contributed by atoms with Gasteiger partial charge in [-0.2, -0.15) is 0 Å². The molecule has 4 nitrogen and oxygen atoms in total. The van der Waals surface area contributed by atoms with Gasteiger partial charge in [-0.15, -0.1) is 0 Å². The first-order valence-corrected chi connectivity index (χ1v) is 8.04. The number of rotatable bonds is 6. The Hall–Kier alpha value is -1.42. The number of hydrogen-bond acceptors (Lipinski definition) is 3. The van der Waals surface area contributed by atoms with Gasteiger partial charge in [0, 0.05) is 18.2 Å². The SMILES string of the molecule is CCCC1CCC(NC)C(Cc2ccc([N+](=O)[O-])cc2)C1. The average molecular weight is 290 g/mol. The maximum atomic E-state index is 10.7. The van der Waals surface area contributed by atoms with Crippen LogP contribution in [0.1, 0.15) is 44.6 Å². The number of non-ortho nitro benzene ring substituents is 1. The maximum Gasteiger partial charge on any atom is 0.269 e. The van der Waals surface area contributed by atoms with Crippen LogP contribution in [0.4, 0.5) is 5.69 Å². The summed E-state index contributed by atoms with van der Waals surface area (Å²) >= 11 is 0. The summed E-state index contributed by atoms with van der Waals surface area (Å²) in [5.41, 5.74) is 1.39. The first-order valence-electron chi connectivity index (χ1n) is 8.04. The van der Waals surface area contributed by atoms with E-state index < -0.39 is 0 Å². The molecule has 2 rings (SSSR count). The summed E-state index contributed by atoms with van der Waals surface area (Å²) < 4.78 is 0. The van der Waals surface area contributed by atoms with Crippen molar-refractivity contribution in [2.24, 2.45) is 11.8 Å².